The molecule has 2 saturated heterocycles. The largest absolute Gasteiger partial charge is 0.484 e. The van der Waals surface area contributed by atoms with Gasteiger partial charge in [0.1, 0.15) is 5.75 Å². The van der Waals surface area contributed by atoms with Crippen molar-refractivity contribution in [1.82, 2.24) is 0 Å². The van der Waals surface area contributed by atoms with Gasteiger partial charge in [0.25, 0.3) is 0 Å². The molecule has 0 spiro atoms. The summed E-state index contributed by atoms with van der Waals surface area (Å²) in [6, 6.07) is 6.61. The van der Waals surface area contributed by atoms with Crippen LogP contribution in [-0.2, 0) is 25.4 Å². The first kappa shape index (κ1) is 22.3. The topological polar surface area (TPSA) is 46.2 Å². The molecule has 0 atom stereocenters. The molecular weight excluding hydrogens is 389 g/mol. The molecule has 0 bridgehead atoms. The molecule has 0 aliphatic carbocycles. The van der Waals surface area contributed by atoms with E-state index in [1.807, 2.05) is 0 Å². The van der Waals surface area contributed by atoms with Gasteiger partial charge in [-0.1, -0.05) is 25.5 Å². The Labute approximate surface area is 169 Å². The predicted octanol–water partition coefficient (Wildman–Crippen LogP) is 4.34. The van der Waals surface area contributed by atoms with Gasteiger partial charge in [0, 0.05) is 12.3 Å². The molecule has 5 nitrogen and oxygen atoms in total. The van der Waals surface area contributed by atoms with Crippen LogP contribution in [0.25, 0.3) is 0 Å². The lowest BCUT2D eigenvalue weighted by atomic mass is 10.0. The summed E-state index contributed by atoms with van der Waals surface area (Å²) in [6.07, 6.45) is -1.30. The van der Waals surface area contributed by atoms with Gasteiger partial charge in [-0.25, -0.2) is 0 Å². The van der Waals surface area contributed by atoms with Crippen molar-refractivity contribution in [3.05, 3.63) is 29.8 Å². The summed E-state index contributed by atoms with van der Waals surface area (Å²) in [6.45, 7) is 3.37. The second kappa shape index (κ2) is 10.6. The Hall–Kier alpha value is -1.35. The van der Waals surface area contributed by atoms with E-state index in [0.717, 1.165) is 31.6 Å². The molecule has 1 aromatic carbocycles. The van der Waals surface area contributed by atoms with Crippen LogP contribution in [0.1, 0.15) is 31.7 Å². The maximum atomic E-state index is 12.2. The fraction of sp³-hybridized carbons (Fsp3) is 0.714. The van der Waals surface area contributed by atoms with E-state index in [9.17, 15) is 13.2 Å². The Balaban J connectivity index is 1.34. The fourth-order valence-corrected chi connectivity index (χ4v) is 3.49. The van der Waals surface area contributed by atoms with Crippen molar-refractivity contribution in [2.75, 3.05) is 33.0 Å². The summed E-state index contributed by atoms with van der Waals surface area (Å²) in [7, 11) is 0. The Kier molecular flexibility index (Phi) is 8.17. The number of hydrogen-bond donors (Lipinski definition) is 0. The Morgan fingerprint density at radius 1 is 0.931 bits per heavy atom. The first-order chi connectivity index (χ1) is 13.9. The summed E-state index contributed by atoms with van der Waals surface area (Å²) in [5.41, 5.74) is 0.986. The van der Waals surface area contributed by atoms with Crippen LogP contribution in [-0.4, -0.2) is 51.8 Å². The Morgan fingerprint density at radius 3 is 2.17 bits per heavy atom. The van der Waals surface area contributed by atoms with E-state index in [2.05, 4.69) is 6.92 Å². The number of alkyl halides is 3. The van der Waals surface area contributed by atoms with Crippen molar-refractivity contribution in [3.63, 3.8) is 0 Å². The number of rotatable bonds is 8. The van der Waals surface area contributed by atoms with Crippen molar-refractivity contribution in [3.8, 4) is 5.75 Å². The molecule has 0 aromatic heterocycles. The fourth-order valence-electron chi connectivity index (χ4n) is 3.49. The van der Waals surface area contributed by atoms with E-state index >= 15 is 0 Å². The van der Waals surface area contributed by atoms with Crippen LogP contribution in [0.15, 0.2) is 24.3 Å². The third-order valence-electron chi connectivity index (χ3n) is 5.06. The van der Waals surface area contributed by atoms with Crippen LogP contribution in [0, 0.1) is 11.8 Å². The third-order valence-corrected chi connectivity index (χ3v) is 5.06. The van der Waals surface area contributed by atoms with Gasteiger partial charge in [-0.15, -0.1) is 0 Å². The Morgan fingerprint density at radius 2 is 1.59 bits per heavy atom. The zero-order valence-corrected chi connectivity index (χ0v) is 16.7. The van der Waals surface area contributed by atoms with Crippen LogP contribution in [0.5, 0.6) is 5.75 Å². The molecule has 0 unspecified atom stereocenters. The highest BCUT2D eigenvalue weighted by atomic mass is 19.4. The molecule has 29 heavy (non-hydrogen) atoms. The first-order valence-electron chi connectivity index (χ1n) is 10.2. The van der Waals surface area contributed by atoms with Crippen LogP contribution in [0.2, 0.25) is 0 Å². The number of halogens is 3. The van der Waals surface area contributed by atoms with Crippen molar-refractivity contribution < 1.29 is 36.9 Å². The van der Waals surface area contributed by atoms with E-state index in [0.29, 0.717) is 32.0 Å². The zero-order chi connectivity index (χ0) is 20.7. The summed E-state index contributed by atoms with van der Waals surface area (Å²) < 4.78 is 64.5. The normalized spacial score (nSPS) is 28.3. The van der Waals surface area contributed by atoms with Crippen LogP contribution in [0.4, 0.5) is 13.2 Å². The van der Waals surface area contributed by atoms with Crippen molar-refractivity contribution in [1.29, 1.82) is 0 Å². The van der Waals surface area contributed by atoms with Crippen LogP contribution >= 0.6 is 0 Å². The summed E-state index contributed by atoms with van der Waals surface area (Å²) >= 11 is 0. The van der Waals surface area contributed by atoms with Gasteiger partial charge in [-0.3, -0.25) is 0 Å². The predicted molar refractivity (Wildman–Crippen MR) is 99.6 cm³/mol. The van der Waals surface area contributed by atoms with E-state index in [1.165, 1.54) is 0 Å². The van der Waals surface area contributed by atoms with Gasteiger partial charge in [-0.2, -0.15) is 13.2 Å². The molecule has 0 saturated carbocycles. The molecule has 3 rings (SSSR count). The Bertz CT molecular complexity index is 591. The number of ether oxygens (including phenoxy) is 5. The van der Waals surface area contributed by atoms with Crippen molar-refractivity contribution >= 4 is 0 Å². The standard InChI is InChI=1S/C21H29F3O5/c1-2-3-16-10-27-20(28-11-16)17-12-25-19(26-13-17)9-6-15-4-7-18(8-5-15)29-14-21(22,23)24/h4-5,7-8,16-17,19-20H,2-3,6,9-14H2,1H3/t16-,17-,19-,20-. The second-order valence-corrected chi connectivity index (χ2v) is 7.63. The van der Waals surface area contributed by atoms with Gasteiger partial charge < -0.3 is 23.7 Å². The van der Waals surface area contributed by atoms with Gasteiger partial charge in [0.2, 0.25) is 0 Å². The quantitative estimate of drug-likeness (QED) is 0.629. The van der Waals surface area contributed by atoms with Gasteiger partial charge >= 0.3 is 6.18 Å². The minimum absolute atomic E-state index is 0.0684. The lowest BCUT2D eigenvalue weighted by molar-refractivity contribution is -0.281. The summed E-state index contributed by atoms with van der Waals surface area (Å²) in [4.78, 5) is 0. The van der Waals surface area contributed by atoms with Crippen molar-refractivity contribution in [2.24, 2.45) is 11.8 Å². The third kappa shape index (κ3) is 7.44. The van der Waals surface area contributed by atoms with Crippen molar-refractivity contribution in [2.45, 2.75) is 51.4 Å². The number of hydrogen-bond acceptors (Lipinski definition) is 5. The average molecular weight is 418 g/mol. The molecule has 164 valence electrons. The van der Waals surface area contributed by atoms with E-state index in [4.69, 9.17) is 23.7 Å². The highest BCUT2D eigenvalue weighted by molar-refractivity contribution is 5.27. The molecule has 2 heterocycles. The maximum Gasteiger partial charge on any atom is 0.422 e. The van der Waals surface area contributed by atoms with Crippen LogP contribution < -0.4 is 4.74 Å². The molecule has 8 heteroatoms. The van der Waals surface area contributed by atoms with Crippen LogP contribution in [0.3, 0.4) is 0 Å². The van der Waals surface area contributed by atoms with Gasteiger partial charge in [0.05, 0.1) is 32.3 Å². The minimum atomic E-state index is -4.34. The molecule has 0 N–H and O–H groups in total. The lowest BCUT2D eigenvalue weighted by Gasteiger charge is -2.37. The second-order valence-electron chi connectivity index (χ2n) is 7.63. The first-order valence-corrected chi connectivity index (χ1v) is 10.2. The zero-order valence-electron chi connectivity index (χ0n) is 16.7. The van der Waals surface area contributed by atoms with E-state index in [-0.39, 0.29) is 24.2 Å². The monoisotopic (exact) mass is 418 g/mol. The molecule has 0 amide bonds. The summed E-state index contributed by atoms with van der Waals surface area (Å²) in [5, 5.41) is 0. The SMILES string of the molecule is CCC[C@H]1CO[C@H]([C@H]2CO[C@H](CCc3ccc(OCC(F)(F)F)cc3)OC2)OC1. The molecule has 1 aromatic rings. The number of benzene rings is 1. The van der Waals surface area contributed by atoms with Gasteiger partial charge in [0.15, 0.2) is 19.2 Å². The van der Waals surface area contributed by atoms with E-state index in [1.54, 1.807) is 24.3 Å². The molecular formula is C21H29F3O5. The van der Waals surface area contributed by atoms with E-state index < -0.39 is 12.8 Å². The average Bonchev–Trinajstić information content (AvgIpc) is 2.72. The molecule has 2 fully saturated rings. The number of aryl methyl sites for hydroxylation is 1. The summed E-state index contributed by atoms with van der Waals surface area (Å²) in [5.74, 6) is 0.742. The molecule has 2 aliphatic rings. The lowest BCUT2D eigenvalue weighted by Crippen LogP contribution is -2.44. The highest BCUT2D eigenvalue weighted by Crippen LogP contribution is 2.25. The maximum absolute atomic E-state index is 12.2. The molecule has 2 aliphatic heterocycles. The van der Waals surface area contributed by atoms with Gasteiger partial charge in [-0.05, 0) is 30.5 Å². The smallest absolute Gasteiger partial charge is 0.422 e. The highest BCUT2D eigenvalue weighted by Gasteiger charge is 2.33. The molecule has 0 radical (unpaired) electrons. The minimum Gasteiger partial charge on any atom is -0.484 e.